The second-order valence-corrected chi connectivity index (χ2v) is 9.73. The molecule has 2 aromatic carbocycles. The fourth-order valence-corrected chi connectivity index (χ4v) is 5.12. The number of fused-ring (bicyclic) bond motifs is 1. The Kier molecular flexibility index (Phi) is 6.96. The van der Waals surface area contributed by atoms with Gasteiger partial charge in [0.05, 0.1) is 36.7 Å². The molecule has 1 saturated carbocycles. The topological polar surface area (TPSA) is 68.7 Å². The van der Waals surface area contributed by atoms with Crippen molar-refractivity contribution >= 4 is 11.9 Å². The summed E-state index contributed by atoms with van der Waals surface area (Å²) in [5.74, 6) is 0.242. The van der Waals surface area contributed by atoms with Crippen LogP contribution in [-0.4, -0.2) is 42.5 Å². The van der Waals surface area contributed by atoms with E-state index in [4.69, 9.17) is 14.5 Å². The lowest BCUT2D eigenvalue weighted by Gasteiger charge is -2.30. The number of hydrogen-bond acceptors (Lipinski definition) is 5. The monoisotopic (exact) mass is 502 g/mol. The van der Waals surface area contributed by atoms with E-state index in [9.17, 15) is 14.0 Å². The van der Waals surface area contributed by atoms with Crippen LogP contribution in [-0.2, 0) is 24.1 Å². The largest absolute Gasteiger partial charge is 0.496 e. The molecular formula is C30H31FN2O4. The molecule has 0 atom stereocenters. The van der Waals surface area contributed by atoms with Crippen molar-refractivity contribution in [3.05, 3.63) is 81.9 Å². The van der Waals surface area contributed by atoms with Crippen LogP contribution in [0.2, 0.25) is 0 Å². The summed E-state index contributed by atoms with van der Waals surface area (Å²) in [6, 6.07) is 12.3. The first-order chi connectivity index (χ1) is 17.9. The third kappa shape index (κ3) is 4.95. The van der Waals surface area contributed by atoms with Gasteiger partial charge >= 0.3 is 5.97 Å². The number of carbonyl (C=O) groups is 2. The number of benzene rings is 2. The molecule has 1 amide bonds. The molecule has 0 unspecified atom stereocenters. The molecule has 192 valence electrons. The Morgan fingerprint density at radius 3 is 2.51 bits per heavy atom. The highest BCUT2D eigenvalue weighted by Gasteiger charge is 2.31. The summed E-state index contributed by atoms with van der Waals surface area (Å²) in [5.41, 5.74) is 6.33. The quantitative estimate of drug-likeness (QED) is 0.369. The molecule has 5 rings (SSSR count). The Labute approximate surface area is 216 Å². The van der Waals surface area contributed by atoms with Gasteiger partial charge in [0, 0.05) is 25.1 Å². The summed E-state index contributed by atoms with van der Waals surface area (Å²) in [6.07, 6.45) is 4.32. The number of esters is 1. The van der Waals surface area contributed by atoms with Gasteiger partial charge in [0.15, 0.2) is 0 Å². The molecule has 1 aromatic heterocycles. The zero-order valence-corrected chi connectivity index (χ0v) is 21.5. The predicted octanol–water partition coefficient (Wildman–Crippen LogP) is 5.71. The van der Waals surface area contributed by atoms with Gasteiger partial charge in [-0.2, -0.15) is 0 Å². The van der Waals surface area contributed by atoms with Gasteiger partial charge in [-0.05, 0) is 72.2 Å². The van der Waals surface area contributed by atoms with Gasteiger partial charge in [-0.15, -0.1) is 0 Å². The van der Waals surface area contributed by atoms with Gasteiger partial charge in [-0.1, -0.05) is 25.5 Å². The molecule has 0 N–H and O–H groups in total. The van der Waals surface area contributed by atoms with Crippen molar-refractivity contribution < 1.29 is 23.5 Å². The number of pyridine rings is 1. The Balaban J connectivity index is 1.48. The van der Waals surface area contributed by atoms with E-state index >= 15 is 0 Å². The van der Waals surface area contributed by atoms with Gasteiger partial charge in [0.2, 0.25) is 0 Å². The van der Waals surface area contributed by atoms with Crippen molar-refractivity contribution in [2.75, 3.05) is 20.8 Å². The second-order valence-electron chi connectivity index (χ2n) is 9.73. The molecule has 1 aliphatic heterocycles. The summed E-state index contributed by atoms with van der Waals surface area (Å²) in [6.45, 7) is 2.94. The fourth-order valence-electron chi connectivity index (χ4n) is 5.12. The summed E-state index contributed by atoms with van der Waals surface area (Å²) in [4.78, 5) is 32.5. The number of nitrogens with zero attached hydrogens (tertiary/aromatic N) is 2. The highest BCUT2D eigenvalue weighted by molar-refractivity contribution is 6.00. The highest BCUT2D eigenvalue weighted by atomic mass is 19.1. The van der Waals surface area contributed by atoms with Crippen LogP contribution in [0.4, 0.5) is 4.39 Å². The number of halogens is 1. The van der Waals surface area contributed by atoms with Crippen molar-refractivity contribution in [1.82, 2.24) is 9.88 Å². The van der Waals surface area contributed by atoms with E-state index in [1.807, 2.05) is 13.0 Å². The Hall–Kier alpha value is -3.74. The molecule has 37 heavy (non-hydrogen) atoms. The van der Waals surface area contributed by atoms with Crippen LogP contribution in [0.5, 0.6) is 5.75 Å². The van der Waals surface area contributed by atoms with Gasteiger partial charge < -0.3 is 14.4 Å². The molecule has 0 saturated heterocycles. The minimum absolute atomic E-state index is 0.153. The molecule has 2 heterocycles. The minimum Gasteiger partial charge on any atom is -0.496 e. The predicted molar refractivity (Wildman–Crippen MR) is 138 cm³/mol. The molecule has 0 radical (unpaired) electrons. The first-order valence-corrected chi connectivity index (χ1v) is 12.8. The lowest BCUT2D eigenvalue weighted by molar-refractivity contribution is 0.0598. The van der Waals surface area contributed by atoms with Crippen LogP contribution < -0.4 is 4.74 Å². The maximum atomic E-state index is 13.6. The third-order valence-corrected chi connectivity index (χ3v) is 7.19. The zero-order valence-electron chi connectivity index (χ0n) is 21.5. The number of aryl methyl sites for hydroxylation is 1. The summed E-state index contributed by atoms with van der Waals surface area (Å²) in [5, 5.41) is 0. The number of methoxy groups -OCH3 is 2. The van der Waals surface area contributed by atoms with Crippen LogP contribution in [0, 0.1) is 5.82 Å². The first-order valence-electron chi connectivity index (χ1n) is 12.8. The SMILES string of the molecule is CCCc1nc2c(cc1C(=O)OC)C(=O)N(Cc1cc(C3CC3)c(-c3ccc(F)cc3)cc1OC)CC2. The summed E-state index contributed by atoms with van der Waals surface area (Å²) < 4.78 is 24.3. The Morgan fingerprint density at radius 2 is 1.86 bits per heavy atom. The van der Waals surface area contributed by atoms with E-state index in [1.54, 1.807) is 30.2 Å². The molecule has 1 aliphatic carbocycles. The number of carbonyl (C=O) groups excluding carboxylic acids is 2. The molecule has 6 nitrogen and oxygen atoms in total. The van der Waals surface area contributed by atoms with E-state index in [0.29, 0.717) is 54.4 Å². The lowest BCUT2D eigenvalue weighted by Crippen LogP contribution is -2.38. The van der Waals surface area contributed by atoms with Crippen molar-refractivity contribution in [2.45, 2.75) is 51.5 Å². The second kappa shape index (κ2) is 10.3. The molecular weight excluding hydrogens is 471 g/mol. The summed E-state index contributed by atoms with van der Waals surface area (Å²) >= 11 is 0. The van der Waals surface area contributed by atoms with Gasteiger partial charge in [-0.3, -0.25) is 9.78 Å². The maximum absolute atomic E-state index is 13.6. The Bertz CT molecular complexity index is 1350. The molecule has 1 fully saturated rings. The Morgan fingerprint density at radius 1 is 1.11 bits per heavy atom. The van der Waals surface area contributed by atoms with Crippen molar-refractivity contribution in [3.8, 4) is 16.9 Å². The smallest absolute Gasteiger partial charge is 0.339 e. The minimum atomic E-state index is -0.476. The number of aromatic nitrogens is 1. The van der Waals surface area contributed by atoms with Crippen LogP contribution in [0.15, 0.2) is 42.5 Å². The lowest BCUT2D eigenvalue weighted by atomic mass is 9.93. The van der Waals surface area contributed by atoms with Crippen LogP contribution in [0.3, 0.4) is 0 Å². The fraction of sp³-hybridized carbons (Fsp3) is 0.367. The summed E-state index contributed by atoms with van der Waals surface area (Å²) in [7, 11) is 2.96. The number of hydrogen-bond donors (Lipinski definition) is 0. The average molecular weight is 503 g/mol. The highest BCUT2D eigenvalue weighted by Crippen LogP contribution is 2.46. The van der Waals surface area contributed by atoms with Crippen molar-refractivity contribution in [2.24, 2.45) is 0 Å². The molecule has 0 bridgehead atoms. The molecule has 2 aliphatic rings. The normalized spacial score (nSPS) is 14.9. The third-order valence-electron chi connectivity index (χ3n) is 7.19. The standard InChI is InChI=1S/C30H31FN2O4/c1-4-5-26-25(30(35)37-3)15-24-27(32-26)12-13-33(29(24)34)17-20-14-22(18-6-7-18)23(16-28(20)36-2)19-8-10-21(31)11-9-19/h8-11,14-16,18H,4-7,12-13,17H2,1-3H3. The number of amides is 1. The van der Waals surface area contributed by atoms with E-state index in [0.717, 1.165) is 41.6 Å². The van der Waals surface area contributed by atoms with E-state index < -0.39 is 5.97 Å². The van der Waals surface area contributed by atoms with Crippen molar-refractivity contribution in [3.63, 3.8) is 0 Å². The van der Waals surface area contributed by atoms with Crippen LogP contribution in [0.25, 0.3) is 11.1 Å². The van der Waals surface area contributed by atoms with Gasteiger partial charge in [0.25, 0.3) is 5.91 Å². The van der Waals surface area contributed by atoms with E-state index in [-0.39, 0.29) is 11.7 Å². The zero-order chi connectivity index (χ0) is 26.1. The maximum Gasteiger partial charge on any atom is 0.339 e. The number of ether oxygens (including phenoxy) is 2. The van der Waals surface area contributed by atoms with Gasteiger partial charge in [0.1, 0.15) is 11.6 Å². The molecule has 0 spiro atoms. The van der Waals surface area contributed by atoms with E-state index in [1.165, 1.54) is 24.8 Å². The average Bonchev–Trinajstić information content (AvgIpc) is 3.76. The van der Waals surface area contributed by atoms with E-state index in [2.05, 4.69) is 6.07 Å². The van der Waals surface area contributed by atoms with Gasteiger partial charge in [-0.25, -0.2) is 9.18 Å². The first kappa shape index (κ1) is 24.9. The van der Waals surface area contributed by atoms with Crippen LogP contribution >= 0.6 is 0 Å². The molecule has 7 heteroatoms. The number of rotatable bonds is 8. The van der Waals surface area contributed by atoms with Crippen LogP contribution in [0.1, 0.15) is 75.3 Å². The molecule has 3 aromatic rings. The van der Waals surface area contributed by atoms with Crippen molar-refractivity contribution in [1.29, 1.82) is 0 Å².